The van der Waals surface area contributed by atoms with E-state index >= 15 is 0 Å². The molecule has 1 amide bonds. The van der Waals surface area contributed by atoms with E-state index < -0.39 is 11.7 Å². The highest BCUT2D eigenvalue weighted by Crippen LogP contribution is 2.08. The maximum atomic E-state index is 13.2. The van der Waals surface area contributed by atoms with E-state index in [-0.39, 0.29) is 23.0 Å². The Bertz CT molecular complexity index is 961. The van der Waals surface area contributed by atoms with Crippen molar-refractivity contribution in [3.63, 3.8) is 0 Å². The van der Waals surface area contributed by atoms with Gasteiger partial charge in [0.05, 0.1) is 6.20 Å². The number of hydrogen-bond donors (Lipinski definition) is 1. The second-order valence-electron chi connectivity index (χ2n) is 5.81. The Morgan fingerprint density at radius 2 is 2.12 bits per heavy atom. The number of carbonyl (C=O) groups is 1. The average Bonchev–Trinajstić information content (AvgIpc) is 2.90. The predicted molar refractivity (Wildman–Crippen MR) is 86.4 cm³/mol. The highest BCUT2D eigenvalue weighted by atomic mass is 19.1. The van der Waals surface area contributed by atoms with Crippen LogP contribution in [-0.4, -0.2) is 25.1 Å². The van der Waals surface area contributed by atoms with Gasteiger partial charge < -0.3 is 4.57 Å². The lowest BCUT2D eigenvalue weighted by atomic mass is 10.2. The van der Waals surface area contributed by atoms with Crippen molar-refractivity contribution in [2.45, 2.75) is 20.4 Å². The van der Waals surface area contributed by atoms with Crippen LogP contribution in [0.15, 0.2) is 41.5 Å². The number of rotatable bonds is 4. The van der Waals surface area contributed by atoms with Crippen LogP contribution in [0.4, 0.5) is 10.3 Å². The van der Waals surface area contributed by atoms with Crippen LogP contribution in [0.5, 0.6) is 0 Å². The number of carbonyl (C=O) groups excluding carboxylic acids is 1. The fourth-order valence-electron chi connectivity index (χ4n) is 2.33. The van der Waals surface area contributed by atoms with Gasteiger partial charge in [0.25, 0.3) is 11.5 Å². The highest BCUT2D eigenvalue weighted by Gasteiger charge is 2.15. The summed E-state index contributed by atoms with van der Waals surface area (Å²) in [7, 11) is 0. The second-order valence-corrected chi connectivity index (χ2v) is 5.81. The van der Waals surface area contributed by atoms with Crippen LogP contribution >= 0.6 is 0 Å². The molecule has 0 aliphatic carbocycles. The number of aromatic nitrogens is 4. The normalized spacial score (nSPS) is 11.2. The van der Waals surface area contributed by atoms with Crippen molar-refractivity contribution >= 4 is 17.5 Å². The van der Waals surface area contributed by atoms with Crippen molar-refractivity contribution in [2.24, 2.45) is 5.92 Å². The Hall–Kier alpha value is -3.03. The van der Waals surface area contributed by atoms with Crippen LogP contribution in [0.3, 0.4) is 0 Å². The van der Waals surface area contributed by atoms with Crippen LogP contribution in [0, 0.1) is 11.7 Å². The van der Waals surface area contributed by atoms with Crippen LogP contribution < -0.4 is 10.9 Å². The van der Waals surface area contributed by atoms with Gasteiger partial charge in [0.2, 0.25) is 5.95 Å². The van der Waals surface area contributed by atoms with E-state index in [9.17, 15) is 14.0 Å². The largest absolute Gasteiger partial charge is 0.315 e. The van der Waals surface area contributed by atoms with E-state index in [4.69, 9.17) is 0 Å². The number of nitrogens with one attached hydrogen (secondary N) is 1. The zero-order chi connectivity index (χ0) is 17.3. The summed E-state index contributed by atoms with van der Waals surface area (Å²) in [5, 5.41) is 6.43. The Morgan fingerprint density at radius 1 is 1.33 bits per heavy atom. The molecule has 0 saturated heterocycles. The van der Waals surface area contributed by atoms with E-state index in [1.54, 1.807) is 12.3 Å². The number of hydrogen-bond acceptors (Lipinski definition) is 4. The molecule has 0 radical (unpaired) electrons. The maximum absolute atomic E-state index is 13.2. The van der Waals surface area contributed by atoms with Gasteiger partial charge in [-0.3, -0.25) is 14.9 Å². The summed E-state index contributed by atoms with van der Waals surface area (Å²) in [5.74, 6) is -0.792. The van der Waals surface area contributed by atoms with E-state index in [1.807, 2.05) is 13.8 Å². The third-order valence-electron chi connectivity index (χ3n) is 3.35. The Labute approximate surface area is 136 Å². The molecule has 0 fully saturated rings. The molecule has 3 heterocycles. The summed E-state index contributed by atoms with van der Waals surface area (Å²) >= 11 is 0. The molecule has 8 heteroatoms. The lowest BCUT2D eigenvalue weighted by molar-refractivity contribution is 0.102. The van der Waals surface area contributed by atoms with Gasteiger partial charge in [-0.15, -0.1) is 5.10 Å². The molecule has 0 unspecified atom stereocenters. The Kier molecular flexibility index (Phi) is 4.11. The quantitative estimate of drug-likeness (QED) is 0.793. The standard InChI is InChI=1S/C16H16FN5O2/c1-10(2)8-21-7-3-4-12(15(21)24)14(23)19-16-18-13-6-5-11(17)9-22(13)20-16/h3-7,9-10H,8H2,1-2H3,(H,19,20,23). The van der Waals surface area contributed by atoms with Gasteiger partial charge in [-0.25, -0.2) is 8.91 Å². The van der Waals surface area contributed by atoms with E-state index in [0.29, 0.717) is 12.2 Å². The molecular weight excluding hydrogens is 313 g/mol. The maximum Gasteiger partial charge on any atom is 0.263 e. The van der Waals surface area contributed by atoms with Crippen molar-refractivity contribution in [1.29, 1.82) is 0 Å². The van der Waals surface area contributed by atoms with Gasteiger partial charge in [0.1, 0.15) is 11.4 Å². The van der Waals surface area contributed by atoms with E-state index in [1.165, 1.54) is 27.3 Å². The SMILES string of the molecule is CC(C)Cn1cccc(C(=O)Nc2nc3ccc(F)cn3n2)c1=O. The van der Waals surface area contributed by atoms with Gasteiger partial charge in [-0.1, -0.05) is 13.8 Å². The lowest BCUT2D eigenvalue weighted by Gasteiger charge is -2.09. The molecule has 1 N–H and O–H groups in total. The molecule has 124 valence electrons. The van der Waals surface area contributed by atoms with Crippen molar-refractivity contribution in [2.75, 3.05) is 5.32 Å². The number of nitrogens with zero attached hydrogens (tertiary/aromatic N) is 4. The molecule has 3 rings (SSSR count). The van der Waals surface area contributed by atoms with Gasteiger partial charge in [-0.2, -0.15) is 4.98 Å². The first kappa shape index (κ1) is 15.9. The molecule has 7 nitrogen and oxygen atoms in total. The average molecular weight is 329 g/mol. The molecule has 0 atom stereocenters. The van der Waals surface area contributed by atoms with Crippen LogP contribution in [0.1, 0.15) is 24.2 Å². The first-order valence-electron chi connectivity index (χ1n) is 7.47. The fourth-order valence-corrected chi connectivity index (χ4v) is 2.33. The predicted octanol–water partition coefficient (Wildman–Crippen LogP) is 1.94. The van der Waals surface area contributed by atoms with Gasteiger partial charge in [0, 0.05) is 12.7 Å². The lowest BCUT2D eigenvalue weighted by Crippen LogP contribution is -2.30. The fraction of sp³-hybridized carbons (Fsp3) is 0.250. The zero-order valence-corrected chi connectivity index (χ0v) is 13.2. The summed E-state index contributed by atoms with van der Waals surface area (Å²) in [6, 6.07) is 5.78. The molecule has 3 aromatic rings. The molecule has 0 bridgehead atoms. The van der Waals surface area contributed by atoms with Crippen molar-refractivity contribution in [1.82, 2.24) is 19.2 Å². The number of anilines is 1. The third-order valence-corrected chi connectivity index (χ3v) is 3.35. The smallest absolute Gasteiger partial charge is 0.263 e. The summed E-state index contributed by atoms with van der Waals surface area (Å²) in [6.07, 6.45) is 2.79. The minimum atomic E-state index is -0.602. The second kappa shape index (κ2) is 6.23. The molecular formula is C16H16FN5O2. The molecule has 24 heavy (non-hydrogen) atoms. The van der Waals surface area contributed by atoms with Crippen molar-refractivity contribution in [3.8, 4) is 0 Å². The van der Waals surface area contributed by atoms with Gasteiger partial charge >= 0.3 is 0 Å². The minimum absolute atomic E-state index is 0.00295. The number of pyridine rings is 2. The molecule has 3 aromatic heterocycles. The summed E-state index contributed by atoms with van der Waals surface area (Å²) < 4.78 is 15.9. The molecule has 0 aliphatic heterocycles. The Morgan fingerprint density at radius 3 is 2.88 bits per heavy atom. The van der Waals surface area contributed by atoms with Crippen LogP contribution in [0.2, 0.25) is 0 Å². The molecule has 0 aliphatic rings. The number of amides is 1. The van der Waals surface area contributed by atoms with Crippen LogP contribution in [0.25, 0.3) is 5.65 Å². The Balaban J connectivity index is 1.87. The third kappa shape index (κ3) is 3.17. The van der Waals surface area contributed by atoms with Crippen molar-refractivity contribution < 1.29 is 9.18 Å². The van der Waals surface area contributed by atoms with E-state index in [0.717, 1.165) is 6.20 Å². The molecule has 0 spiro atoms. The monoisotopic (exact) mass is 329 g/mol. The molecule has 0 aromatic carbocycles. The topological polar surface area (TPSA) is 81.3 Å². The van der Waals surface area contributed by atoms with Gasteiger partial charge in [0.15, 0.2) is 5.65 Å². The minimum Gasteiger partial charge on any atom is -0.315 e. The van der Waals surface area contributed by atoms with E-state index in [2.05, 4.69) is 15.4 Å². The summed E-state index contributed by atoms with van der Waals surface area (Å²) in [5.41, 5.74) is 0.0127. The first-order valence-corrected chi connectivity index (χ1v) is 7.47. The number of halogens is 1. The first-order chi connectivity index (χ1) is 11.4. The highest BCUT2D eigenvalue weighted by molar-refractivity contribution is 6.03. The van der Waals surface area contributed by atoms with Crippen LogP contribution in [-0.2, 0) is 6.54 Å². The summed E-state index contributed by atoms with van der Waals surface area (Å²) in [4.78, 5) is 28.8. The summed E-state index contributed by atoms with van der Waals surface area (Å²) in [6.45, 7) is 4.49. The van der Waals surface area contributed by atoms with Gasteiger partial charge in [-0.05, 0) is 30.2 Å². The zero-order valence-electron chi connectivity index (χ0n) is 13.2. The number of fused-ring (bicyclic) bond motifs is 1. The molecule has 0 saturated carbocycles. The van der Waals surface area contributed by atoms with Crippen molar-refractivity contribution in [3.05, 3.63) is 58.4 Å².